The molecule has 2 unspecified atom stereocenters. The van der Waals surface area contributed by atoms with Crippen molar-refractivity contribution < 1.29 is 14.6 Å². The van der Waals surface area contributed by atoms with Crippen LogP contribution in [-0.4, -0.2) is 22.9 Å². The van der Waals surface area contributed by atoms with Crippen molar-refractivity contribution in [1.82, 2.24) is 0 Å². The number of hydrogen-bond donors (Lipinski definition) is 2. The van der Waals surface area contributed by atoms with E-state index in [1.54, 1.807) is 13.0 Å². The zero-order chi connectivity index (χ0) is 12.8. The molecule has 0 fully saturated rings. The molecule has 2 N–H and O–H groups in total. The number of hydrogen-bond acceptors (Lipinski definition) is 3. The number of azide groups is 1. The fourth-order valence-electron chi connectivity index (χ4n) is 1.55. The monoisotopic (exact) mass is 239 g/mol. The molecule has 0 spiro atoms. The summed E-state index contributed by atoms with van der Waals surface area (Å²) in [6.45, 7) is 1.79. The van der Waals surface area contributed by atoms with E-state index in [0.29, 0.717) is 11.1 Å². The van der Waals surface area contributed by atoms with Crippen LogP contribution in [0.5, 0.6) is 0 Å². The lowest BCUT2D eigenvalue weighted by Crippen LogP contribution is -2.19. The summed E-state index contributed by atoms with van der Waals surface area (Å²) in [6, 6.07) is 4.11. The maximum Gasteiger partial charge on any atom is 0.123 e. The molecule has 1 rings (SSSR count). The predicted octanol–water partition coefficient (Wildman–Crippen LogP) is 2.23. The fourth-order valence-corrected chi connectivity index (χ4v) is 1.55. The van der Waals surface area contributed by atoms with E-state index in [4.69, 9.17) is 5.53 Å². The van der Waals surface area contributed by atoms with Crippen LogP contribution in [0.25, 0.3) is 10.4 Å². The molecule has 17 heavy (non-hydrogen) atoms. The fraction of sp³-hybridized carbons (Fsp3) is 0.455. The van der Waals surface area contributed by atoms with Crippen LogP contribution in [0.15, 0.2) is 23.3 Å². The molecule has 0 saturated carbocycles. The van der Waals surface area contributed by atoms with E-state index in [-0.39, 0.29) is 13.0 Å². The van der Waals surface area contributed by atoms with E-state index in [0.717, 1.165) is 0 Å². The second-order valence-corrected chi connectivity index (χ2v) is 3.82. The Morgan fingerprint density at radius 2 is 2.12 bits per heavy atom. The average molecular weight is 239 g/mol. The molecule has 0 amide bonds. The van der Waals surface area contributed by atoms with E-state index in [9.17, 15) is 14.6 Å². The lowest BCUT2D eigenvalue weighted by atomic mass is 10.0. The Balaban J connectivity index is 2.73. The summed E-state index contributed by atoms with van der Waals surface area (Å²) in [5.74, 6) is -0.457. The van der Waals surface area contributed by atoms with E-state index in [1.165, 1.54) is 12.1 Å². The van der Waals surface area contributed by atoms with Crippen molar-refractivity contribution in [2.24, 2.45) is 5.11 Å². The van der Waals surface area contributed by atoms with Crippen molar-refractivity contribution in [2.45, 2.75) is 25.6 Å². The lowest BCUT2D eigenvalue weighted by molar-refractivity contribution is 0.0148. The maximum atomic E-state index is 13.1. The van der Waals surface area contributed by atoms with Crippen LogP contribution in [0, 0.1) is 12.7 Å². The van der Waals surface area contributed by atoms with Crippen LogP contribution in [0.3, 0.4) is 0 Å². The van der Waals surface area contributed by atoms with Gasteiger partial charge in [0.05, 0.1) is 6.10 Å². The van der Waals surface area contributed by atoms with Crippen LogP contribution >= 0.6 is 0 Å². The van der Waals surface area contributed by atoms with Crippen LogP contribution in [-0.2, 0) is 0 Å². The summed E-state index contributed by atoms with van der Waals surface area (Å²) < 4.78 is 13.1. The van der Waals surface area contributed by atoms with Gasteiger partial charge in [-0.25, -0.2) is 4.39 Å². The van der Waals surface area contributed by atoms with Crippen molar-refractivity contribution in [3.63, 3.8) is 0 Å². The Morgan fingerprint density at radius 3 is 2.71 bits per heavy atom. The van der Waals surface area contributed by atoms with Crippen molar-refractivity contribution in [1.29, 1.82) is 0 Å². The molecule has 0 bridgehead atoms. The topological polar surface area (TPSA) is 89.2 Å². The van der Waals surface area contributed by atoms with Gasteiger partial charge in [0.15, 0.2) is 0 Å². The predicted molar refractivity (Wildman–Crippen MR) is 60.7 cm³/mol. The quantitative estimate of drug-likeness (QED) is 0.468. The minimum atomic E-state index is -1.18. The van der Waals surface area contributed by atoms with Crippen molar-refractivity contribution in [3.8, 4) is 0 Å². The first-order valence-corrected chi connectivity index (χ1v) is 5.18. The molecule has 1 aromatic rings. The Labute approximate surface area is 98.1 Å². The minimum Gasteiger partial charge on any atom is -0.390 e. The summed E-state index contributed by atoms with van der Waals surface area (Å²) in [5.41, 5.74) is 9.06. The molecule has 92 valence electrons. The average Bonchev–Trinajstić information content (AvgIpc) is 2.27. The summed E-state index contributed by atoms with van der Waals surface area (Å²) in [5, 5.41) is 22.7. The van der Waals surface area contributed by atoms with Crippen LogP contribution < -0.4 is 0 Å². The molecule has 0 saturated heterocycles. The van der Waals surface area contributed by atoms with E-state index in [1.807, 2.05) is 0 Å². The lowest BCUT2D eigenvalue weighted by Gasteiger charge is -2.17. The first-order chi connectivity index (χ1) is 8.04. The van der Waals surface area contributed by atoms with Gasteiger partial charge in [0.25, 0.3) is 0 Å². The van der Waals surface area contributed by atoms with Crippen molar-refractivity contribution in [3.05, 3.63) is 45.6 Å². The zero-order valence-corrected chi connectivity index (χ0v) is 9.41. The molecule has 0 aromatic heterocycles. The third-order valence-electron chi connectivity index (χ3n) is 2.36. The zero-order valence-electron chi connectivity index (χ0n) is 9.41. The van der Waals surface area contributed by atoms with Gasteiger partial charge in [0, 0.05) is 11.5 Å². The summed E-state index contributed by atoms with van der Waals surface area (Å²) in [6.07, 6.45) is -2.14. The van der Waals surface area contributed by atoms with Crippen LogP contribution in [0.1, 0.15) is 23.7 Å². The first kappa shape index (κ1) is 13.4. The molecule has 0 aliphatic carbocycles. The van der Waals surface area contributed by atoms with E-state index < -0.39 is 18.0 Å². The molecule has 0 heterocycles. The van der Waals surface area contributed by atoms with Gasteiger partial charge < -0.3 is 10.2 Å². The molecule has 0 aliphatic rings. The number of aryl methyl sites for hydroxylation is 1. The third-order valence-corrected chi connectivity index (χ3v) is 2.36. The number of aliphatic hydroxyl groups excluding tert-OH is 2. The van der Waals surface area contributed by atoms with Crippen LogP contribution in [0.4, 0.5) is 4.39 Å². The highest BCUT2D eigenvalue weighted by atomic mass is 19.1. The van der Waals surface area contributed by atoms with Gasteiger partial charge in [0.1, 0.15) is 11.9 Å². The van der Waals surface area contributed by atoms with Gasteiger partial charge in [-0.1, -0.05) is 11.2 Å². The number of nitrogens with zero attached hydrogens (tertiary/aromatic N) is 3. The SMILES string of the molecule is Cc1cc(F)cc(C(O)C(O)CCN=[N+]=[N-])c1. The maximum absolute atomic E-state index is 13.1. The Kier molecular flexibility index (Phi) is 4.90. The minimum absolute atomic E-state index is 0.0863. The highest BCUT2D eigenvalue weighted by Crippen LogP contribution is 2.21. The van der Waals surface area contributed by atoms with Gasteiger partial charge in [-0.15, -0.1) is 0 Å². The van der Waals surface area contributed by atoms with Gasteiger partial charge in [-0.3, -0.25) is 0 Å². The number of halogens is 1. The molecule has 2 atom stereocenters. The van der Waals surface area contributed by atoms with Crippen LogP contribution in [0.2, 0.25) is 0 Å². The smallest absolute Gasteiger partial charge is 0.123 e. The second-order valence-electron chi connectivity index (χ2n) is 3.82. The number of benzene rings is 1. The van der Waals surface area contributed by atoms with Gasteiger partial charge in [0.2, 0.25) is 0 Å². The molecule has 0 aliphatic heterocycles. The standard InChI is InChI=1S/C11H14FN3O2/c1-7-4-8(6-9(12)5-7)11(17)10(16)2-3-14-15-13/h4-6,10-11,16-17H,2-3H2,1H3. The second kappa shape index (κ2) is 6.20. The Bertz CT molecular complexity index is 412. The number of aliphatic hydroxyl groups is 2. The first-order valence-electron chi connectivity index (χ1n) is 5.18. The number of rotatable bonds is 5. The molecule has 6 heteroatoms. The Hall–Kier alpha value is -1.62. The van der Waals surface area contributed by atoms with Crippen molar-refractivity contribution in [2.75, 3.05) is 6.54 Å². The molecular formula is C11H14FN3O2. The molecule has 5 nitrogen and oxygen atoms in total. The van der Waals surface area contributed by atoms with E-state index >= 15 is 0 Å². The largest absolute Gasteiger partial charge is 0.390 e. The summed E-state index contributed by atoms with van der Waals surface area (Å²) >= 11 is 0. The molecular weight excluding hydrogens is 225 g/mol. The molecule has 1 aromatic carbocycles. The normalized spacial score (nSPS) is 13.9. The van der Waals surface area contributed by atoms with Gasteiger partial charge in [-0.2, -0.15) is 0 Å². The third kappa shape index (κ3) is 4.03. The van der Waals surface area contributed by atoms with Gasteiger partial charge in [-0.05, 0) is 42.1 Å². The summed E-state index contributed by atoms with van der Waals surface area (Å²) in [4.78, 5) is 2.54. The molecule has 0 radical (unpaired) electrons. The van der Waals surface area contributed by atoms with Crippen molar-refractivity contribution >= 4 is 0 Å². The summed E-state index contributed by atoms with van der Waals surface area (Å²) in [7, 11) is 0. The highest BCUT2D eigenvalue weighted by molar-refractivity contribution is 5.25. The van der Waals surface area contributed by atoms with E-state index in [2.05, 4.69) is 10.0 Å². The van der Waals surface area contributed by atoms with Gasteiger partial charge >= 0.3 is 0 Å². The highest BCUT2D eigenvalue weighted by Gasteiger charge is 2.18. The Morgan fingerprint density at radius 1 is 1.41 bits per heavy atom.